The van der Waals surface area contributed by atoms with E-state index in [0.717, 1.165) is 28.8 Å². The third kappa shape index (κ3) is 7.00. The Morgan fingerprint density at radius 3 is 2.26 bits per heavy atom. The maximum Gasteiger partial charge on any atom is 0.316 e. The Balaban J connectivity index is 1.26. The molecular weight excluding hydrogens is 460 g/mol. The molecule has 1 aromatic heterocycles. The second-order valence-corrected chi connectivity index (χ2v) is 12.5. The monoisotopic (exact) mass is 498 g/mol. The topological polar surface area (TPSA) is 52.1 Å². The van der Waals surface area contributed by atoms with E-state index in [9.17, 15) is 4.79 Å². The number of benzene rings is 1. The van der Waals surface area contributed by atoms with E-state index in [1.807, 2.05) is 60.2 Å². The lowest BCUT2D eigenvalue weighted by Crippen LogP contribution is -2.29. The predicted molar refractivity (Wildman–Crippen MR) is 144 cm³/mol. The van der Waals surface area contributed by atoms with Crippen molar-refractivity contribution in [3.63, 3.8) is 0 Å². The second-order valence-electron chi connectivity index (χ2n) is 9.70. The fraction of sp³-hybridized carbons (Fsp3) is 0.607. The number of unbranched alkanes of at least 4 members (excludes halogenated alkanes) is 2. The molecule has 34 heavy (non-hydrogen) atoms. The molecule has 2 aliphatic rings. The van der Waals surface area contributed by atoms with Crippen LogP contribution in [0.3, 0.4) is 0 Å². The number of rotatable bonds is 9. The zero-order chi connectivity index (χ0) is 23.8. The molecule has 4 rings (SSSR count). The van der Waals surface area contributed by atoms with Gasteiger partial charge in [0.05, 0.1) is 10.5 Å². The Labute approximate surface area is 213 Å². The van der Waals surface area contributed by atoms with Crippen LogP contribution in [-0.2, 0) is 4.79 Å². The van der Waals surface area contributed by atoms with Crippen LogP contribution >= 0.6 is 23.5 Å². The zero-order valence-corrected chi connectivity index (χ0v) is 22.2. The third-order valence-corrected chi connectivity index (χ3v) is 10.5. The first-order valence-corrected chi connectivity index (χ1v) is 15.1. The summed E-state index contributed by atoms with van der Waals surface area (Å²) < 4.78 is 6.32. The summed E-state index contributed by atoms with van der Waals surface area (Å²) in [6.45, 7) is 4.54. The van der Waals surface area contributed by atoms with Crippen LogP contribution in [0.2, 0.25) is 0 Å². The summed E-state index contributed by atoms with van der Waals surface area (Å²) in [7, 11) is 0. The maximum atomic E-state index is 12.6. The minimum atomic E-state index is -0.113. The summed E-state index contributed by atoms with van der Waals surface area (Å²) >= 11 is 3.84. The predicted octanol–water partition coefficient (Wildman–Crippen LogP) is 7.74. The van der Waals surface area contributed by atoms with Gasteiger partial charge in [0.25, 0.3) is 0 Å². The first-order valence-electron chi connectivity index (χ1n) is 13.0. The molecule has 2 heterocycles. The fourth-order valence-corrected chi connectivity index (χ4v) is 7.95. The summed E-state index contributed by atoms with van der Waals surface area (Å²) in [5.74, 6) is 4.39. The first-order chi connectivity index (χ1) is 16.7. The average molecular weight is 499 g/mol. The Kier molecular flexibility index (Phi) is 9.75. The van der Waals surface area contributed by atoms with E-state index in [0.29, 0.717) is 16.2 Å². The van der Waals surface area contributed by atoms with Crippen molar-refractivity contribution in [1.29, 1.82) is 0 Å². The van der Waals surface area contributed by atoms with Crippen molar-refractivity contribution in [2.24, 2.45) is 11.8 Å². The number of aromatic nitrogens is 2. The van der Waals surface area contributed by atoms with Gasteiger partial charge < -0.3 is 4.74 Å². The number of ether oxygens (including phenoxy) is 1. The molecule has 0 unspecified atom stereocenters. The van der Waals surface area contributed by atoms with E-state index in [1.54, 1.807) is 0 Å². The Hall–Kier alpha value is -1.53. The summed E-state index contributed by atoms with van der Waals surface area (Å²) in [6.07, 6.45) is 15.5. The van der Waals surface area contributed by atoms with Gasteiger partial charge in [-0.2, -0.15) is 0 Å². The average Bonchev–Trinajstić information content (AvgIpc) is 2.90. The number of hydrogen-bond acceptors (Lipinski definition) is 6. The number of hydrogen-bond donors (Lipinski definition) is 0. The van der Waals surface area contributed by atoms with Crippen LogP contribution in [0.1, 0.15) is 83.1 Å². The molecule has 0 amide bonds. The fourth-order valence-electron chi connectivity index (χ4n) is 4.88. The van der Waals surface area contributed by atoms with Crippen molar-refractivity contribution in [3.05, 3.63) is 42.2 Å². The molecule has 0 spiro atoms. The van der Waals surface area contributed by atoms with Crippen molar-refractivity contribution in [2.45, 2.75) is 82.1 Å². The lowest BCUT2D eigenvalue weighted by Gasteiger charge is -2.27. The van der Waals surface area contributed by atoms with Gasteiger partial charge in [0.15, 0.2) is 5.82 Å². The maximum absolute atomic E-state index is 12.6. The number of nitrogens with zero attached hydrogens (tertiary/aromatic N) is 2. The van der Waals surface area contributed by atoms with E-state index < -0.39 is 0 Å². The summed E-state index contributed by atoms with van der Waals surface area (Å²) in [4.78, 5) is 21.9. The highest BCUT2D eigenvalue weighted by molar-refractivity contribution is 8.17. The molecule has 0 atom stereocenters. The van der Waals surface area contributed by atoms with Crippen molar-refractivity contribution >= 4 is 29.5 Å². The first kappa shape index (κ1) is 25.6. The number of thioether (sulfide) groups is 2. The Morgan fingerprint density at radius 1 is 0.971 bits per heavy atom. The van der Waals surface area contributed by atoms with Gasteiger partial charge in [-0.3, -0.25) is 4.79 Å². The Bertz CT molecular complexity index is 888. The van der Waals surface area contributed by atoms with Gasteiger partial charge in [-0.15, -0.1) is 23.5 Å². The van der Waals surface area contributed by atoms with Crippen molar-refractivity contribution < 1.29 is 9.53 Å². The molecule has 4 nitrogen and oxygen atoms in total. The minimum Gasteiger partial charge on any atom is -0.426 e. The molecule has 184 valence electrons. The lowest BCUT2D eigenvalue weighted by molar-refractivity contribution is -0.137. The van der Waals surface area contributed by atoms with Gasteiger partial charge in [-0.1, -0.05) is 39.5 Å². The van der Waals surface area contributed by atoms with E-state index >= 15 is 0 Å². The molecule has 1 saturated carbocycles. The largest absolute Gasteiger partial charge is 0.426 e. The SMILES string of the molecule is CCCCC[C@H]1SC[C@H](C(=O)Oc2ccc(-c3ncc([C@H]4CC[C@H](CC)CC4)cn3)cc2)CS1. The highest BCUT2D eigenvalue weighted by Crippen LogP contribution is 2.38. The van der Waals surface area contributed by atoms with E-state index in [4.69, 9.17) is 4.74 Å². The molecule has 6 heteroatoms. The Morgan fingerprint density at radius 2 is 1.65 bits per heavy atom. The lowest BCUT2D eigenvalue weighted by atomic mass is 9.78. The van der Waals surface area contributed by atoms with Crippen LogP contribution in [0.25, 0.3) is 11.4 Å². The van der Waals surface area contributed by atoms with E-state index in [2.05, 4.69) is 23.8 Å². The van der Waals surface area contributed by atoms with Gasteiger partial charge in [-0.05, 0) is 73.8 Å². The standard InChI is InChI=1S/C28H38N2O2S2/c1-3-5-6-7-26-33-18-24(19-34-26)28(31)32-25-14-12-22(13-15-25)27-29-16-23(17-30-27)21-10-8-20(4-2)9-11-21/h12-17,20-21,24,26H,3-11,18-19H2,1-2H3/t20-,21-,24-,26-. The van der Waals surface area contributed by atoms with E-state index in [-0.39, 0.29) is 11.9 Å². The van der Waals surface area contributed by atoms with E-state index in [1.165, 1.54) is 63.4 Å². The van der Waals surface area contributed by atoms with Crippen molar-refractivity contribution in [1.82, 2.24) is 9.97 Å². The van der Waals surface area contributed by atoms with Gasteiger partial charge in [0, 0.05) is 29.5 Å². The molecule has 2 aromatic rings. The quantitative estimate of drug-likeness (QED) is 0.200. The third-order valence-electron chi connectivity index (χ3n) is 7.24. The molecule has 2 fully saturated rings. The van der Waals surface area contributed by atoms with Gasteiger partial charge in [0.1, 0.15) is 5.75 Å². The van der Waals surface area contributed by atoms with Crippen LogP contribution in [0.5, 0.6) is 5.75 Å². The van der Waals surface area contributed by atoms with Gasteiger partial charge >= 0.3 is 5.97 Å². The summed E-state index contributed by atoms with van der Waals surface area (Å²) in [5, 5.41) is 0. The number of carbonyl (C=O) groups excluding carboxylic acids is 1. The summed E-state index contributed by atoms with van der Waals surface area (Å²) in [5.41, 5.74) is 2.21. The molecule has 1 aliphatic carbocycles. The van der Waals surface area contributed by atoms with Crippen molar-refractivity contribution in [3.8, 4) is 17.1 Å². The highest BCUT2D eigenvalue weighted by atomic mass is 32.2. The molecular formula is C28H38N2O2S2. The van der Waals surface area contributed by atoms with Crippen LogP contribution in [0, 0.1) is 11.8 Å². The molecule has 1 aliphatic heterocycles. The second kappa shape index (κ2) is 13.0. The van der Waals surface area contributed by atoms with Gasteiger partial charge in [0.2, 0.25) is 0 Å². The molecule has 1 saturated heterocycles. The van der Waals surface area contributed by atoms with Crippen LogP contribution in [-0.4, -0.2) is 32.0 Å². The highest BCUT2D eigenvalue weighted by Gasteiger charge is 2.28. The summed E-state index contributed by atoms with van der Waals surface area (Å²) in [6, 6.07) is 7.59. The van der Waals surface area contributed by atoms with Crippen LogP contribution in [0.4, 0.5) is 0 Å². The van der Waals surface area contributed by atoms with Crippen LogP contribution < -0.4 is 4.74 Å². The van der Waals surface area contributed by atoms with Gasteiger partial charge in [-0.25, -0.2) is 9.97 Å². The van der Waals surface area contributed by atoms with Crippen molar-refractivity contribution in [2.75, 3.05) is 11.5 Å². The van der Waals surface area contributed by atoms with Crippen LogP contribution in [0.15, 0.2) is 36.7 Å². The molecule has 0 radical (unpaired) electrons. The molecule has 0 N–H and O–H groups in total. The number of carbonyl (C=O) groups is 1. The normalized spacial score (nSPS) is 25.1. The smallest absolute Gasteiger partial charge is 0.316 e. The zero-order valence-electron chi connectivity index (χ0n) is 20.6. The molecule has 0 bridgehead atoms. The molecule has 1 aromatic carbocycles. The number of esters is 1. The minimum absolute atomic E-state index is 0.0274.